The number of hydrogen-bond acceptors (Lipinski definition) is 5. The van der Waals surface area contributed by atoms with Crippen LogP contribution in [0.5, 0.6) is 0 Å². The summed E-state index contributed by atoms with van der Waals surface area (Å²) in [6, 6.07) is 5.88. The van der Waals surface area contributed by atoms with Gasteiger partial charge in [-0.2, -0.15) is 0 Å². The fourth-order valence-corrected chi connectivity index (χ4v) is 4.60. The Morgan fingerprint density at radius 3 is 2.56 bits per heavy atom. The number of imide groups is 1. The van der Waals surface area contributed by atoms with Crippen molar-refractivity contribution in [3.05, 3.63) is 42.0 Å². The van der Waals surface area contributed by atoms with Crippen LogP contribution >= 0.6 is 0 Å². The van der Waals surface area contributed by atoms with Gasteiger partial charge in [0, 0.05) is 32.4 Å². The first-order valence-corrected chi connectivity index (χ1v) is 9.48. The Labute approximate surface area is 160 Å². The van der Waals surface area contributed by atoms with Gasteiger partial charge in [0.2, 0.25) is 0 Å². The highest BCUT2D eigenvalue weighted by Crippen LogP contribution is 2.33. The Kier molecular flexibility index (Phi) is 4.44. The van der Waals surface area contributed by atoms with E-state index in [1.165, 1.54) is 16.0 Å². The smallest absolute Gasteiger partial charge is 0.328 e. The number of benzene rings is 1. The van der Waals surface area contributed by atoms with E-state index in [2.05, 4.69) is 53.7 Å². The molecule has 7 heteroatoms. The highest BCUT2D eigenvalue weighted by Gasteiger charge is 2.55. The van der Waals surface area contributed by atoms with Crippen LogP contribution in [-0.4, -0.2) is 71.8 Å². The van der Waals surface area contributed by atoms with E-state index in [4.69, 9.17) is 0 Å². The normalized spacial score (nSPS) is 28.4. The first-order valence-electron chi connectivity index (χ1n) is 9.48. The van der Waals surface area contributed by atoms with Crippen LogP contribution in [-0.2, 0) is 4.79 Å². The van der Waals surface area contributed by atoms with Crippen LogP contribution in [0, 0.1) is 13.8 Å². The predicted molar refractivity (Wildman–Crippen MR) is 104 cm³/mol. The first kappa shape index (κ1) is 18.0. The molecule has 0 aromatic heterocycles. The zero-order valence-corrected chi connectivity index (χ0v) is 16.2. The number of fused-ring (bicyclic) bond motifs is 3. The Morgan fingerprint density at radius 2 is 1.89 bits per heavy atom. The van der Waals surface area contributed by atoms with E-state index < -0.39 is 0 Å². The summed E-state index contributed by atoms with van der Waals surface area (Å²) < 4.78 is 0. The molecule has 0 spiro atoms. The molecule has 3 amide bonds. The van der Waals surface area contributed by atoms with Gasteiger partial charge in [-0.25, -0.2) is 4.79 Å². The molecule has 3 saturated heterocycles. The monoisotopic (exact) mass is 369 g/mol. The fraction of sp³-hybridized carbons (Fsp3) is 0.500. The van der Waals surface area contributed by atoms with E-state index in [0.717, 1.165) is 25.2 Å². The van der Waals surface area contributed by atoms with Gasteiger partial charge in [-0.05, 0) is 43.5 Å². The summed E-state index contributed by atoms with van der Waals surface area (Å²) in [6.45, 7) is 9.87. The molecule has 3 aliphatic rings. The quantitative estimate of drug-likeness (QED) is 0.818. The van der Waals surface area contributed by atoms with Gasteiger partial charge in [0.1, 0.15) is 18.5 Å². The summed E-state index contributed by atoms with van der Waals surface area (Å²) in [5.74, 6) is -0.139. The van der Waals surface area contributed by atoms with Crippen LogP contribution in [0.2, 0.25) is 0 Å². The van der Waals surface area contributed by atoms with Gasteiger partial charge in [0.15, 0.2) is 0 Å². The first-order chi connectivity index (χ1) is 12.9. The minimum atomic E-state index is -0.369. The minimum absolute atomic E-state index is 0.0992. The third kappa shape index (κ3) is 2.82. The van der Waals surface area contributed by atoms with Crippen molar-refractivity contribution in [2.75, 3.05) is 31.6 Å². The van der Waals surface area contributed by atoms with Crippen molar-refractivity contribution in [1.29, 1.82) is 0 Å². The average Bonchev–Trinajstić information content (AvgIpc) is 3.02. The van der Waals surface area contributed by atoms with Gasteiger partial charge in [0.25, 0.3) is 5.91 Å². The number of carbonyl (C=O) groups is 2. The molecular weight excluding hydrogens is 342 g/mol. The van der Waals surface area contributed by atoms with E-state index in [9.17, 15) is 9.59 Å². The molecule has 3 heterocycles. The van der Waals surface area contributed by atoms with Gasteiger partial charge >= 0.3 is 6.03 Å². The van der Waals surface area contributed by atoms with Crippen molar-refractivity contribution < 1.29 is 9.59 Å². The number of rotatable bonds is 3. The molecular formula is C20H27N5O2. The molecule has 7 nitrogen and oxygen atoms in total. The summed E-state index contributed by atoms with van der Waals surface area (Å²) in [7, 11) is 1.76. The highest BCUT2D eigenvalue weighted by atomic mass is 16.2. The maximum absolute atomic E-state index is 13.1. The van der Waals surface area contributed by atoms with E-state index >= 15 is 0 Å². The molecule has 1 aromatic carbocycles. The average molecular weight is 369 g/mol. The van der Waals surface area contributed by atoms with Gasteiger partial charge in [-0.1, -0.05) is 12.1 Å². The van der Waals surface area contributed by atoms with Crippen molar-refractivity contribution in [3.63, 3.8) is 0 Å². The molecule has 3 aliphatic heterocycles. The van der Waals surface area contributed by atoms with Gasteiger partial charge < -0.3 is 9.80 Å². The number of nitrogens with one attached hydrogen (secondary N) is 1. The standard InChI is InChI=1S/C20H27N5O2/c1-5-7-25-18(26)16-17(22(4)20(25)27)21-19-23(8-6-9-24(16)19)15-11-13(2)10-14(3)12-15/h5,10-12,16-17,19,21H,1,6-9H2,2-4H3. The molecule has 144 valence electrons. The van der Waals surface area contributed by atoms with Crippen molar-refractivity contribution in [2.45, 2.75) is 38.8 Å². The Hall–Kier alpha value is -2.38. The fourth-order valence-electron chi connectivity index (χ4n) is 4.60. The number of amides is 3. The van der Waals surface area contributed by atoms with Gasteiger partial charge in [0.05, 0.1) is 0 Å². The SMILES string of the molecule is C=CCN1C(=O)C2C(NC3N(c4cc(C)cc(C)c4)CCCN23)N(C)C1=O. The van der Waals surface area contributed by atoms with Crippen LogP contribution in [0.4, 0.5) is 10.5 Å². The number of urea groups is 1. The molecule has 0 aliphatic carbocycles. The van der Waals surface area contributed by atoms with E-state index in [0.29, 0.717) is 0 Å². The summed E-state index contributed by atoms with van der Waals surface area (Å²) in [5.41, 5.74) is 3.59. The third-order valence-electron chi connectivity index (χ3n) is 5.72. The maximum atomic E-state index is 13.1. The van der Waals surface area contributed by atoms with E-state index in [-0.39, 0.29) is 37.0 Å². The highest BCUT2D eigenvalue weighted by molar-refractivity contribution is 6.00. The molecule has 3 unspecified atom stereocenters. The molecule has 0 saturated carbocycles. The molecule has 1 aromatic rings. The predicted octanol–water partition coefficient (Wildman–Crippen LogP) is 1.48. The van der Waals surface area contributed by atoms with Crippen LogP contribution in [0.1, 0.15) is 17.5 Å². The number of carbonyl (C=O) groups excluding carboxylic acids is 2. The van der Waals surface area contributed by atoms with Crippen LogP contribution in [0.3, 0.4) is 0 Å². The summed E-state index contributed by atoms with van der Waals surface area (Å²) in [4.78, 5) is 33.2. The lowest BCUT2D eigenvalue weighted by molar-refractivity contribution is -0.138. The molecule has 0 radical (unpaired) electrons. The molecule has 1 N–H and O–H groups in total. The molecule has 3 fully saturated rings. The lowest BCUT2D eigenvalue weighted by atomic mass is 10.1. The van der Waals surface area contributed by atoms with Crippen LogP contribution in [0.15, 0.2) is 30.9 Å². The number of likely N-dealkylation sites (N-methyl/N-ethyl adjacent to an activating group) is 1. The second kappa shape index (κ2) is 6.65. The topological polar surface area (TPSA) is 59.1 Å². The number of aryl methyl sites for hydroxylation is 2. The van der Waals surface area contributed by atoms with Crippen molar-refractivity contribution in [1.82, 2.24) is 20.0 Å². The molecule has 3 atom stereocenters. The summed E-state index contributed by atoms with van der Waals surface area (Å²) in [5, 5.41) is 3.54. The number of anilines is 1. The van der Waals surface area contributed by atoms with Gasteiger partial charge in [-0.3, -0.25) is 19.9 Å². The van der Waals surface area contributed by atoms with E-state index in [1.807, 2.05) is 0 Å². The number of hydrogen-bond donors (Lipinski definition) is 1. The zero-order chi connectivity index (χ0) is 19.3. The summed E-state index contributed by atoms with van der Waals surface area (Å²) >= 11 is 0. The third-order valence-corrected chi connectivity index (χ3v) is 5.72. The molecule has 4 rings (SSSR count). The molecule has 27 heavy (non-hydrogen) atoms. The zero-order valence-electron chi connectivity index (χ0n) is 16.2. The van der Waals surface area contributed by atoms with Crippen LogP contribution in [0.25, 0.3) is 0 Å². The van der Waals surface area contributed by atoms with Crippen LogP contribution < -0.4 is 10.2 Å². The summed E-state index contributed by atoms with van der Waals surface area (Å²) in [6.07, 6.45) is 2.16. The second-order valence-corrected chi connectivity index (χ2v) is 7.69. The van der Waals surface area contributed by atoms with Crippen molar-refractivity contribution in [3.8, 4) is 0 Å². The van der Waals surface area contributed by atoms with E-state index in [1.54, 1.807) is 18.0 Å². The Balaban J connectivity index is 1.68. The largest absolute Gasteiger partial charge is 0.343 e. The lowest BCUT2D eigenvalue weighted by Crippen LogP contribution is -2.66. The van der Waals surface area contributed by atoms with Gasteiger partial charge in [-0.15, -0.1) is 6.58 Å². The minimum Gasteiger partial charge on any atom is -0.343 e. The van der Waals surface area contributed by atoms with Crippen molar-refractivity contribution in [2.24, 2.45) is 0 Å². The second-order valence-electron chi connectivity index (χ2n) is 7.69. The molecule has 0 bridgehead atoms. The number of nitrogens with zero attached hydrogens (tertiary/aromatic N) is 4. The van der Waals surface area contributed by atoms with Crippen molar-refractivity contribution >= 4 is 17.6 Å². The maximum Gasteiger partial charge on any atom is 0.328 e. The Morgan fingerprint density at radius 1 is 1.19 bits per heavy atom. The lowest BCUT2D eigenvalue weighted by Gasteiger charge is -2.43. The Bertz CT molecular complexity index is 774.